The lowest BCUT2D eigenvalue weighted by atomic mass is 9.84. The molecule has 0 spiro atoms. The molecule has 1 saturated heterocycles. The van der Waals surface area contributed by atoms with Crippen molar-refractivity contribution in [1.29, 1.82) is 0 Å². The van der Waals surface area contributed by atoms with Gasteiger partial charge in [0.15, 0.2) is 0 Å². The topological polar surface area (TPSA) is 82.0 Å². The van der Waals surface area contributed by atoms with Gasteiger partial charge < -0.3 is 25.2 Å². The minimum Gasteiger partial charge on any atom is -0.491 e. The van der Waals surface area contributed by atoms with Crippen molar-refractivity contribution in [2.24, 2.45) is 0 Å². The molecule has 1 amide bonds. The molecule has 0 bridgehead atoms. The molecule has 1 atom stereocenters. The van der Waals surface area contributed by atoms with Crippen LogP contribution in [-0.4, -0.2) is 53.4 Å². The maximum atomic E-state index is 11.0. The van der Waals surface area contributed by atoms with Gasteiger partial charge in [0.1, 0.15) is 18.5 Å². The van der Waals surface area contributed by atoms with E-state index in [0.717, 1.165) is 5.56 Å². The van der Waals surface area contributed by atoms with Crippen molar-refractivity contribution < 1.29 is 19.7 Å². The first-order valence-corrected chi connectivity index (χ1v) is 10.1. The predicted molar refractivity (Wildman–Crippen MR) is 113 cm³/mol. The summed E-state index contributed by atoms with van der Waals surface area (Å²) < 4.78 is 5.64. The number of aliphatic hydroxyl groups is 2. The minimum absolute atomic E-state index is 0.126. The Morgan fingerprint density at radius 2 is 1.79 bits per heavy atom. The Kier molecular flexibility index (Phi) is 7.14. The molecular weight excluding hydrogens is 392 g/mol. The van der Waals surface area contributed by atoms with Gasteiger partial charge in [-0.1, -0.05) is 23.7 Å². The van der Waals surface area contributed by atoms with Crippen molar-refractivity contribution >= 4 is 23.2 Å². The quantitative estimate of drug-likeness (QED) is 0.643. The highest BCUT2D eigenvalue weighted by atomic mass is 35.5. The zero-order valence-electron chi connectivity index (χ0n) is 16.5. The summed E-state index contributed by atoms with van der Waals surface area (Å²) in [4.78, 5) is 13.2. The molecule has 3 rings (SSSR count). The second kappa shape index (κ2) is 9.59. The molecule has 29 heavy (non-hydrogen) atoms. The molecule has 1 aliphatic heterocycles. The van der Waals surface area contributed by atoms with Gasteiger partial charge in [0.25, 0.3) is 0 Å². The molecule has 0 radical (unpaired) electrons. The third-order valence-corrected chi connectivity index (χ3v) is 5.40. The minimum atomic E-state index is -0.849. The van der Waals surface area contributed by atoms with Crippen LogP contribution in [0.25, 0.3) is 0 Å². The monoisotopic (exact) mass is 418 g/mol. The van der Waals surface area contributed by atoms with Crippen LogP contribution in [-0.2, 0) is 10.4 Å². The maximum Gasteiger partial charge on any atom is 0.221 e. The average molecular weight is 419 g/mol. The van der Waals surface area contributed by atoms with Gasteiger partial charge in [0.05, 0.1) is 5.60 Å². The molecule has 0 aliphatic carbocycles. The van der Waals surface area contributed by atoms with Crippen LogP contribution in [0.15, 0.2) is 48.5 Å². The molecule has 0 aromatic heterocycles. The highest BCUT2D eigenvalue weighted by molar-refractivity contribution is 6.30. The van der Waals surface area contributed by atoms with Gasteiger partial charge in [-0.15, -0.1) is 0 Å². The predicted octanol–water partition coefficient (Wildman–Crippen LogP) is 3.02. The number of ether oxygens (including phenoxy) is 1. The van der Waals surface area contributed by atoms with Crippen molar-refractivity contribution in [1.82, 2.24) is 4.90 Å². The summed E-state index contributed by atoms with van der Waals surface area (Å²) in [6.45, 7) is 3.51. The van der Waals surface area contributed by atoms with Crippen LogP contribution in [0.2, 0.25) is 5.02 Å². The number of amides is 1. The zero-order valence-corrected chi connectivity index (χ0v) is 17.2. The summed E-state index contributed by atoms with van der Waals surface area (Å²) in [6, 6.07) is 14.4. The number of carbonyl (C=O) groups is 1. The number of hydrogen-bond donors (Lipinski definition) is 3. The van der Waals surface area contributed by atoms with Gasteiger partial charge in [-0.05, 0) is 54.8 Å². The van der Waals surface area contributed by atoms with E-state index in [1.165, 1.54) is 6.92 Å². The standard InChI is InChI=1S/C22H27ClN2O4/c1-16(26)24-19-6-8-21(9-7-19)29-15-20(27)14-25-12-10-22(28,11-13-25)17-2-4-18(23)5-3-17/h2-9,20,27-28H,10-15H2,1H3,(H,24,26). The average Bonchev–Trinajstić information content (AvgIpc) is 2.69. The second-order valence-electron chi connectivity index (χ2n) is 7.51. The molecule has 6 nitrogen and oxygen atoms in total. The van der Waals surface area contributed by atoms with E-state index < -0.39 is 11.7 Å². The van der Waals surface area contributed by atoms with Crippen LogP contribution >= 0.6 is 11.6 Å². The number of nitrogens with one attached hydrogen (secondary N) is 1. The molecule has 1 heterocycles. The number of hydrogen-bond acceptors (Lipinski definition) is 5. The third kappa shape index (κ3) is 6.18. The lowest BCUT2D eigenvalue weighted by Crippen LogP contribution is -2.46. The number of benzene rings is 2. The number of nitrogens with zero attached hydrogens (tertiary/aromatic N) is 1. The molecule has 1 aliphatic rings. The van der Waals surface area contributed by atoms with Crippen LogP contribution in [0.5, 0.6) is 5.75 Å². The van der Waals surface area contributed by atoms with Gasteiger partial charge in [0.2, 0.25) is 5.91 Å². The SMILES string of the molecule is CC(=O)Nc1ccc(OCC(O)CN2CCC(O)(c3ccc(Cl)cc3)CC2)cc1. The molecule has 2 aromatic rings. The molecule has 1 fully saturated rings. The summed E-state index contributed by atoms with van der Waals surface area (Å²) in [5, 5.41) is 24.6. The van der Waals surface area contributed by atoms with E-state index in [-0.39, 0.29) is 12.5 Å². The summed E-state index contributed by atoms with van der Waals surface area (Å²) in [6.07, 6.45) is 0.575. The van der Waals surface area contributed by atoms with Crippen LogP contribution in [0.4, 0.5) is 5.69 Å². The van der Waals surface area contributed by atoms with E-state index in [9.17, 15) is 15.0 Å². The van der Waals surface area contributed by atoms with E-state index in [1.807, 2.05) is 12.1 Å². The molecule has 2 aromatic carbocycles. The first-order valence-electron chi connectivity index (χ1n) is 9.73. The first kappa shape index (κ1) is 21.6. The number of halogens is 1. The number of carbonyl (C=O) groups excluding carboxylic acids is 1. The first-order chi connectivity index (χ1) is 13.8. The molecule has 3 N–H and O–H groups in total. The molecule has 0 saturated carbocycles. The summed E-state index contributed by atoms with van der Waals surface area (Å²) in [7, 11) is 0. The Hall–Kier alpha value is -2.12. The maximum absolute atomic E-state index is 11.0. The van der Waals surface area contributed by atoms with Crippen molar-refractivity contribution in [2.45, 2.75) is 31.5 Å². The smallest absolute Gasteiger partial charge is 0.221 e. The van der Waals surface area contributed by atoms with Gasteiger partial charge >= 0.3 is 0 Å². The Morgan fingerprint density at radius 3 is 2.38 bits per heavy atom. The fraction of sp³-hybridized carbons (Fsp3) is 0.409. The van der Waals surface area contributed by atoms with Crippen LogP contribution in [0.3, 0.4) is 0 Å². The Morgan fingerprint density at radius 1 is 1.17 bits per heavy atom. The Bertz CT molecular complexity index is 803. The van der Waals surface area contributed by atoms with E-state index in [2.05, 4.69) is 10.2 Å². The van der Waals surface area contributed by atoms with Crippen LogP contribution in [0.1, 0.15) is 25.3 Å². The fourth-order valence-electron chi connectivity index (χ4n) is 3.54. The molecule has 1 unspecified atom stereocenters. The number of piperidine rings is 1. The molecule has 156 valence electrons. The zero-order chi connectivity index (χ0) is 20.9. The fourth-order valence-corrected chi connectivity index (χ4v) is 3.66. The highest BCUT2D eigenvalue weighted by Crippen LogP contribution is 2.33. The largest absolute Gasteiger partial charge is 0.491 e. The third-order valence-electron chi connectivity index (χ3n) is 5.15. The Balaban J connectivity index is 1.43. The summed E-state index contributed by atoms with van der Waals surface area (Å²) in [5.74, 6) is 0.507. The van der Waals surface area contributed by atoms with Crippen molar-refractivity contribution in [3.63, 3.8) is 0 Å². The number of anilines is 1. The second-order valence-corrected chi connectivity index (χ2v) is 7.95. The van der Waals surface area contributed by atoms with Crippen molar-refractivity contribution in [3.05, 3.63) is 59.1 Å². The Labute approximate surface area is 176 Å². The summed E-state index contributed by atoms with van der Waals surface area (Å²) >= 11 is 5.93. The van der Waals surface area contributed by atoms with Crippen molar-refractivity contribution in [3.8, 4) is 5.75 Å². The lowest BCUT2D eigenvalue weighted by Gasteiger charge is -2.39. The summed E-state index contributed by atoms with van der Waals surface area (Å²) in [5.41, 5.74) is 0.734. The van der Waals surface area contributed by atoms with Crippen molar-refractivity contribution in [2.75, 3.05) is 31.6 Å². The lowest BCUT2D eigenvalue weighted by molar-refractivity contribution is -0.114. The van der Waals surface area contributed by atoms with Crippen LogP contribution in [0, 0.1) is 0 Å². The number of rotatable bonds is 7. The van der Waals surface area contributed by atoms with Gasteiger partial charge in [0, 0.05) is 37.3 Å². The van der Waals surface area contributed by atoms with Gasteiger partial charge in [-0.3, -0.25) is 4.79 Å². The number of likely N-dealkylation sites (tertiary alicyclic amines) is 1. The molecule has 7 heteroatoms. The number of β-amino-alcohol motifs (C(OH)–C–C–N with tert-alkyl or cyclic N) is 1. The van der Waals surface area contributed by atoms with E-state index >= 15 is 0 Å². The van der Waals surface area contributed by atoms with Gasteiger partial charge in [-0.2, -0.15) is 0 Å². The van der Waals surface area contributed by atoms with E-state index in [0.29, 0.717) is 48.9 Å². The highest BCUT2D eigenvalue weighted by Gasteiger charge is 2.34. The van der Waals surface area contributed by atoms with Gasteiger partial charge in [-0.25, -0.2) is 0 Å². The van der Waals surface area contributed by atoms with E-state index in [1.54, 1.807) is 36.4 Å². The molecular formula is C22H27ClN2O4. The van der Waals surface area contributed by atoms with E-state index in [4.69, 9.17) is 16.3 Å². The number of aliphatic hydroxyl groups excluding tert-OH is 1. The normalized spacial score (nSPS) is 17.5. The van der Waals surface area contributed by atoms with Crippen LogP contribution < -0.4 is 10.1 Å².